The van der Waals surface area contributed by atoms with Crippen molar-refractivity contribution in [1.29, 1.82) is 0 Å². The predicted molar refractivity (Wildman–Crippen MR) is 56.4 cm³/mol. The van der Waals surface area contributed by atoms with Crippen molar-refractivity contribution in [1.82, 2.24) is 0 Å². The number of rotatable bonds is 1. The van der Waals surface area contributed by atoms with E-state index in [-0.39, 0.29) is 5.56 Å². The van der Waals surface area contributed by atoms with Crippen LogP contribution in [0, 0.1) is 5.82 Å². The fraction of sp³-hybridized carbons (Fsp3) is 0. The van der Waals surface area contributed by atoms with Crippen LogP contribution in [0.2, 0.25) is 0 Å². The summed E-state index contributed by atoms with van der Waals surface area (Å²) in [5.74, 6) is -1.66. The molecule has 0 saturated heterocycles. The molecule has 2 rings (SSSR count). The molecule has 1 aromatic heterocycles. The molecule has 1 heterocycles. The number of thiophene rings is 1. The molecule has 14 heavy (non-hydrogen) atoms. The number of hydrogen-bond donors (Lipinski definition) is 1. The van der Waals surface area contributed by atoms with E-state index in [1.54, 1.807) is 11.4 Å². The highest BCUT2D eigenvalue weighted by molar-refractivity contribution is 9.10. The summed E-state index contributed by atoms with van der Waals surface area (Å²) < 4.78 is 14.2. The van der Waals surface area contributed by atoms with Crippen LogP contribution in [-0.4, -0.2) is 11.1 Å². The van der Waals surface area contributed by atoms with Crippen LogP contribution in [0.15, 0.2) is 22.0 Å². The van der Waals surface area contributed by atoms with Gasteiger partial charge in [0.15, 0.2) is 0 Å². The Kier molecular flexibility index (Phi) is 2.28. The molecule has 0 spiro atoms. The highest BCUT2D eigenvalue weighted by atomic mass is 79.9. The van der Waals surface area contributed by atoms with Gasteiger partial charge in [-0.2, -0.15) is 0 Å². The van der Waals surface area contributed by atoms with Gasteiger partial charge in [0.05, 0.1) is 14.7 Å². The lowest BCUT2D eigenvalue weighted by Crippen LogP contribution is -1.98. The van der Waals surface area contributed by atoms with E-state index in [1.807, 2.05) is 0 Å². The van der Waals surface area contributed by atoms with Crippen LogP contribution in [0.1, 0.15) is 10.4 Å². The van der Waals surface area contributed by atoms with Crippen LogP contribution < -0.4 is 0 Å². The number of carboxylic acid groups (broad SMARTS) is 1. The number of carbonyl (C=O) groups is 1. The van der Waals surface area contributed by atoms with Gasteiger partial charge >= 0.3 is 5.97 Å². The average molecular weight is 275 g/mol. The molecule has 0 aliphatic carbocycles. The number of carboxylic acids is 1. The molecule has 0 atom stereocenters. The van der Waals surface area contributed by atoms with Crippen molar-refractivity contribution >= 4 is 43.3 Å². The number of fused-ring (bicyclic) bond motifs is 1. The zero-order valence-electron chi connectivity index (χ0n) is 6.75. The zero-order chi connectivity index (χ0) is 10.3. The van der Waals surface area contributed by atoms with Gasteiger partial charge in [-0.25, -0.2) is 9.18 Å². The van der Waals surface area contributed by atoms with Gasteiger partial charge in [-0.15, -0.1) is 11.3 Å². The maximum atomic E-state index is 13.2. The summed E-state index contributed by atoms with van der Waals surface area (Å²) in [5.41, 5.74) is 0.00181. The molecule has 0 aliphatic heterocycles. The molecule has 0 fully saturated rings. The average Bonchev–Trinajstić information content (AvgIpc) is 2.59. The van der Waals surface area contributed by atoms with Gasteiger partial charge in [0, 0.05) is 5.39 Å². The minimum Gasteiger partial charge on any atom is -0.478 e. The highest BCUT2D eigenvalue weighted by Gasteiger charge is 2.15. The van der Waals surface area contributed by atoms with Crippen molar-refractivity contribution in [2.24, 2.45) is 0 Å². The minimum atomic E-state index is -1.11. The molecule has 0 unspecified atom stereocenters. The molecule has 0 amide bonds. The summed E-state index contributed by atoms with van der Waals surface area (Å²) in [4.78, 5) is 10.8. The molecular weight excluding hydrogens is 271 g/mol. The Morgan fingerprint density at radius 3 is 2.93 bits per heavy atom. The molecule has 2 nitrogen and oxygen atoms in total. The third kappa shape index (κ3) is 1.33. The minimum absolute atomic E-state index is 0.00181. The van der Waals surface area contributed by atoms with E-state index in [1.165, 1.54) is 11.3 Å². The van der Waals surface area contributed by atoms with Crippen LogP contribution in [0.4, 0.5) is 4.39 Å². The topological polar surface area (TPSA) is 37.3 Å². The van der Waals surface area contributed by atoms with Crippen molar-refractivity contribution in [3.05, 3.63) is 33.4 Å². The second-order valence-corrected chi connectivity index (χ2v) is 4.40. The fourth-order valence-electron chi connectivity index (χ4n) is 1.24. The number of aromatic carboxylic acids is 1. The first-order chi connectivity index (χ1) is 6.61. The van der Waals surface area contributed by atoms with E-state index in [9.17, 15) is 9.18 Å². The third-order valence-corrected chi connectivity index (χ3v) is 3.84. The van der Waals surface area contributed by atoms with E-state index in [2.05, 4.69) is 15.9 Å². The molecule has 0 radical (unpaired) electrons. The van der Waals surface area contributed by atoms with Gasteiger partial charge in [-0.05, 0) is 33.4 Å². The summed E-state index contributed by atoms with van der Waals surface area (Å²) in [6.07, 6.45) is 0. The van der Waals surface area contributed by atoms with Crippen molar-refractivity contribution in [2.45, 2.75) is 0 Å². The first-order valence-electron chi connectivity index (χ1n) is 3.69. The van der Waals surface area contributed by atoms with Gasteiger partial charge in [0.25, 0.3) is 0 Å². The Balaban J connectivity index is 2.91. The first-order valence-corrected chi connectivity index (χ1v) is 5.37. The van der Waals surface area contributed by atoms with Gasteiger partial charge in [-0.1, -0.05) is 0 Å². The lowest BCUT2D eigenvalue weighted by atomic mass is 10.1. The highest BCUT2D eigenvalue weighted by Crippen LogP contribution is 2.33. The number of benzene rings is 1. The van der Waals surface area contributed by atoms with Crippen molar-refractivity contribution < 1.29 is 14.3 Å². The number of hydrogen-bond acceptors (Lipinski definition) is 2. The quantitative estimate of drug-likeness (QED) is 0.864. The van der Waals surface area contributed by atoms with E-state index in [0.29, 0.717) is 14.6 Å². The summed E-state index contributed by atoms with van der Waals surface area (Å²) >= 11 is 4.40. The molecule has 5 heteroatoms. The van der Waals surface area contributed by atoms with E-state index < -0.39 is 11.8 Å². The molecule has 1 N–H and O–H groups in total. The standard InChI is InChI=1S/C9H4BrFO2S/c10-7-6(11)3-5(9(12)13)4-1-2-14-8(4)7/h1-3H,(H,12,13). The Bertz CT molecular complexity index is 521. The largest absolute Gasteiger partial charge is 0.478 e. The molecule has 0 bridgehead atoms. The molecule has 1 aromatic carbocycles. The van der Waals surface area contributed by atoms with Gasteiger partial charge in [0.1, 0.15) is 5.82 Å². The lowest BCUT2D eigenvalue weighted by Gasteiger charge is -2.00. The van der Waals surface area contributed by atoms with Crippen LogP contribution >= 0.6 is 27.3 Å². The van der Waals surface area contributed by atoms with Gasteiger partial charge < -0.3 is 5.11 Å². The predicted octanol–water partition coefficient (Wildman–Crippen LogP) is 3.50. The summed E-state index contributed by atoms with van der Waals surface area (Å²) in [6, 6.07) is 2.70. The van der Waals surface area contributed by atoms with Crippen LogP contribution in [-0.2, 0) is 0 Å². The van der Waals surface area contributed by atoms with Gasteiger partial charge in [-0.3, -0.25) is 0 Å². The Hall–Kier alpha value is -0.940. The van der Waals surface area contributed by atoms with Crippen LogP contribution in [0.25, 0.3) is 10.1 Å². The SMILES string of the molecule is O=C(O)c1cc(F)c(Br)c2sccc12. The van der Waals surface area contributed by atoms with Crippen molar-refractivity contribution in [3.8, 4) is 0 Å². The normalized spacial score (nSPS) is 10.7. The summed E-state index contributed by atoms with van der Waals surface area (Å²) in [6.45, 7) is 0. The van der Waals surface area contributed by atoms with E-state index in [4.69, 9.17) is 5.11 Å². The second kappa shape index (κ2) is 3.33. The van der Waals surface area contributed by atoms with Crippen molar-refractivity contribution in [3.63, 3.8) is 0 Å². The van der Waals surface area contributed by atoms with Crippen molar-refractivity contribution in [2.75, 3.05) is 0 Å². The Labute approximate surface area is 91.1 Å². The monoisotopic (exact) mass is 274 g/mol. The van der Waals surface area contributed by atoms with Gasteiger partial charge in [0.2, 0.25) is 0 Å². The molecular formula is C9H4BrFO2S. The van der Waals surface area contributed by atoms with E-state index in [0.717, 1.165) is 6.07 Å². The molecule has 0 saturated carbocycles. The van der Waals surface area contributed by atoms with Crippen LogP contribution in [0.3, 0.4) is 0 Å². The number of halogens is 2. The summed E-state index contributed by atoms with van der Waals surface area (Å²) in [7, 11) is 0. The smallest absolute Gasteiger partial charge is 0.336 e. The van der Waals surface area contributed by atoms with Crippen LogP contribution in [0.5, 0.6) is 0 Å². The summed E-state index contributed by atoms with van der Waals surface area (Å²) in [5, 5.41) is 11.1. The fourth-order valence-corrected chi connectivity index (χ4v) is 2.70. The first kappa shape index (κ1) is 9.61. The molecule has 0 aliphatic rings. The third-order valence-electron chi connectivity index (χ3n) is 1.87. The Morgan fingerprint density at radius 1 is 1.57 bits per heavy atom. The molecule has 72 valence electrons. The molecule has 2 aromatic rings. The maximum absolute atomic E-state index is 13.2. The second-order valence-electron chi connectivity index (χ2n) is 2.69. The lowest BCUT2D eigenvalue weighted by molar-refractivity contribution is 0.0698. The maximum Gasteiger partial charge on any atom is 0.336 e. The Morgan fingerprint density at radius 2 is 2.29 bits per heavy atom. The van der Waals surface area contributed by atoms with E-state index >= 15 is 0 Å². The zero-order valence-corrected chi connectivity index (χ0v) is 9.15.